The number of ether oxygens (including phenoxy) is 1. The molecule has 3 rings (SSSR count). The maximum absolute atomic E-state index is 12.8. The highest BCUT2D eigenvalue weighted by Crippen LogP contribution is 2.24. The third kappa shape index (κ3) is 2.74. The molecule has 0 bridgehead atoms. The highest BCUT2D eigenvalue weighted by Gasteiger charge is 2.14. The molecule has 3 heteroatoms. The first-order valence-corrected chi connectivity index (χ1v) is 6.99. The lowest BCUT2D eigenvalue weighted by atomic mass is 9.96. The van der Waals surface area contributed by atoms with Gasteiger partial charge in [-0.05, 0) is 36.4 Å². The third-order valence-electron chi connectivity index (χ3n) is 3.46. The van der Waals surface area contributed by atoms with Gasteiger partial charge in [0.25, 0.3) is 0 Å². The van der Waals surface area contributed by atoms with E-state index < -0.39 is 0 Å². The summed E-state index contributed by atoms with van der Waals surface area (Å²) >= 11 is 0. The minimum atomic E-state index is -0.0242. The second-order valence-corrected chi connectivity index (χ2v) is 4.82. The van der Waals surface area contributed by atoms with Crippen molar-refractivity contribution in [2.24, 2.45) is 0 Å². The van der Waals surface area contributed by atoms with E-state index in [4.69, 9.17) is 4.74 Å². The van der Waals surface area contributed by atoms with Crippen molar-refractivity contribution in [3.05, 3.63) is 84.1 Å². The van der Waals surface area contributed by atoms with Crippen LogP contribution >= 0.6 is 0 Å². The largest absolute Gasteiger partial charge is 0.497 e. The molecule has 0 atom stereocenters. The van der Waals surface area contributed by atoms with Crippen molar-refractivity contribution in [3.63, 3.8) is 0 Å². The molecule has 0 unspecified atom stereocenters. The molecule has 0 aliphatic carbocycles. The summed E-state index contributed by atoms with van der Waals surface area (Å²) in [6.07, 6.45) is 1.73. The molecular formula is C19H15NO2. The second-order valence-electron chi connectivity index (χ2n) is 4.82. The van der Waals surface area contributed by atoms with Gasteiger partial charge in [-0.25, -0.2) is 0 Å². The molecule has 2 aromatic carbocycles. The predicted molar refractivity (Wildman–Crippen MR) is 86.1 cm³/mol. The maximum Gasteiger partial charge on any atom is 0.193 e. The van der Waals surface area contributed by atoms with Crippen molar-refractivity contribution in [2.45, 2.75) is 0 Å². The molecule has 0 aliphatic heterocycles. The molecule has 3 nitrogen and oxygen atoms in total. The molecular weight excluding hydrogens is 274 g/mol. The Kier molecular flexibility index (Phi) is 3.97. The van der Waals surface area contributed by atoms with Gasteiger partial charge in [-0.1, -0.05) is 30.3 Å². The van der Waals surface area contributed by atoms with E-state index in [1.807, 2.05) is 42.5 Å². The van der Waals surface area contributed by atoms with Crippen molar-refractivity contribution in [1.29, 1.82) is 0 Å². The molecule has 0 amide bonds. The van der Waals surface area contributed by atoms with E-state index >= 15 is 0 Å². The van der Waals surface area contributed by atoms with Crippen molar-refractivity contribution >= 4 is 5.78 Å². The zero-order chi connectivity index (χ0) is 15.4. The van der Waals surface area contributed by atoms with E-state index in [-0.39, 0.29) is 5.78 Å². The fourth-order valence-corrected chi connectivity index (χ4v) is 2.32. The lowest BCUT2D eigenvalue weighted by Gasteiger charge is -2.08. The van der Waals surface area contributed by atoms with Crippen LogP contribution in [0.1, 0.15) is 15.9 Å². The standard InChI is InChI=1S/C19H15NO2/c1-22-15-11-9-14(10-12-15)19(21)17-7-3-2-6-16(17)18-8-4-5-13-20-18/h2-13H,1H3. The summed E-state index contributed by atoms with van der Waals surface area (Å²) in [5, 5.41) is 0. The van der Waals surface area contributed by atoms with Crippen LogP contribution in [0.5, 0.6) is 5.75 Å². The summed E-state index contributed by atoms with van der Waals surface area (Å²) in [5.41, 5.74) is 2.90. The van der Waals surface area contributed by atoms with Gasteiger partial charge in [-0.3, -0.25) is 9.78 Å². The SMILES string of the molecule is COc1ccc(C(=O)c2ccccc2-c2ccccn2)cc1. The molecule has 108 valence electrons. The minimum Gasteiger partial charge on any atom is -0.497 e. The molecule has 0 saturated carbocycles. The van der Waals surface area contributed by atoms with E-state index in [0.29, 0.717) is 11.1 Å². The molecule has 22 heavy (non-hydrogen) atoms. The lowest BCUT2D eigenvalue weighted by Crippen LogP contribution is -2.04. The van der Waals surface area contributed by atoms with Crippen LogP contribution in [0, 0.1) is 0 Å². The lowest BCUT2D eigenvalue weighted by molar-refractivity contribution is 0.103. The molecule has 0 aliphatic rings. The molecule has 0 fully saturated rings. The quantitative estimate of drug-likeness (QED) is 0.682. The van der Waals surface area contributed by atoms with Gasteiger partial charge in [0, 0.05) is 22.9 Å². The Labute approximate surface area is 129 Å². The van der Waals surface area contributed by atoms with Gasteiger partial charge in [0.2, 0.25) is 0 Å². The van der Waals surface area contributed by atoms with E-state index in [1.165, 1.54) is 0 Å². The molecule has 3 aromatic rings. The van der Waals surface area contributed by atoms with Gasteiger partial charge in [-0.2, -0.15) is 0 Å². The monoisotopic (exact) mass is 289 g/mol. The number of carbonyl (C=O) groups is 1. The average molecular weight is 289 g/mol. The highest BCUT2D eigenvalue weighted by atomic mass is 16.5. The number of aromatic nitrogens is 1. The van der Waals surface area contributed by atoms with Gasteiger partial charge < -0.3 is 4.74 Å². The van der Waals surface area contributed by atoms with Gasteiger partial charge in [-0.15, -0.1) is 0 Å². The summed E-state index contributed by atoms with van der Waals surface area (Å²) in [6.45, 7) is 0. The number of methoxy groups -OCH3 is 1. The zero-order valence-corrected chi connectivity index (χ0v) is 12.2. The van der Waals surface area contributed by atoms with Crippen LogP contribution < -0.4 is 4.74 Å². The Morgan fingerprint density at radius 2 is 1.64 bits per heavy atom. The number of rotatable bonds is 4. The normalized spacial score (nSPS) is 10.2. The Bertz CT molecular complexity index is 780. The number of pyridine rings is 1. The fraction of sp³-hybridized carbons (Fsp3) is 0.0526. The van der Waals surface area contributed by atoms with Crippen molar-refractivity contribution in [2.75, 3.05) is 7.11 Å². The van der Waals surface area contributed by atoms with Gasteiger partial charge in [0.15, 0.2) is 5.78 Å². The molecule has 0 saturated heterocycles. The number of hydrogen-bond acceptors (Lipinski definition) is 3. The Morgan fingerprint density at radius 1 is 0.909 bits per heavy atom. The summed E-state index contributed by atoms with van der Waals surface area (Å²) < 4.78 is 5.13. The summed E-state index contributed by atoms with van der Waals surface area (Å²) in [6, 6.07) is 20.3. The Hall–Kier alpha value is -2.94. The first-order valence-electron chi connectivity index (χ1n) is 6.99. The zero-order valence-electron chi connectivity index (χ0n) is 12.2. The van der Waals surface area contributed by atoms with Crippen LogP contribution in [0.4, 0.5) is 0 Å². The van der Waals surface area contributed by atoms with Crippen LogP contribution in [0.15, 0.2) is 72.9 Å². The maximum atomic E-state index is 12.8. The number of carbonyl (C=O) groups excluding carboxylic acids is 1. The van der Waals surface area contributed by atoms with Crippen LogP contribution in [-0.2, 0) is 0 Å². The summed E-state index contributed by atoms with van der Waals surface area (Å²) in [4.78, 5) is 17.1. The predicted octanol–water partition coefficient (Wildman–Crippen LogP) is 3.99. The Morgan fingerprint density at radius 3 is 2.32 bits per heavy atom. The molecule has 0 N–H and O–H groups in total. The van der Waals surface area contributed by atoms with E-state index in [1.54, 1.807) is 37.6 Å². The average Bonchev–Trinajstić information content (AvgIpc) is 2.62. The summed E-state index contributed by atoms with van der Waals surface area (Å²) in [5.74, 6) is 0.707. The second kappa shape index (κ2) is 6.22. The van der Waals surface area contributed by atoms with E-state index in [0.717, 1.165) is 17.0 Å². The topological polar surface area (TPSA) is 39.2 Å². The van der Waals surface area contributed by atoms with Crippen LogP contribution in [0.3, 0.4) is 0 Å². The van der Waals surface area contributed by atoms with Crippen molar-refractivity contribution in [1.82, 2.24) is 4.98 Å². The van der Waals surface area contributed by atoms with Crippen molar-refractivity contribution in [3.8, 4) is 17.0 Å². The number of nitrogens with zero attached hydrogens (tertiary/aromatic N) is 1. The summed E-state index contributed by atoms with van der Waals surface area (Å²) in [7, 11) is 1.60. The van der Waals surface area contributed by atoms with Gasteiger partial charge in [0.1, 0.15) is 5.75 Å². The van der Waals surface area contributed by atoms with E-state index in [9.17, 15) is 4.79 Å². The fourth-order valence-electron chi connectivity index (χ4n) is 2.32. The number of ketones is 1. The van der Waals surface area contributed by atoms with Gasteiger partial charge >= 0.3 is 0 Å². The van der Waals surface area contributed by atoms with Gasteiger partial charge in [0.05, 0.1) is 12.8 Å². The third-order valence-corrected chi connectivity index (χ3v) is 3.46. The first-order chi connectivity index (χ1) is 10.8. The number of hydrogen-bond donors (Lipinski definition) is 0. The number of benzene rings is 2. The van der Waals surface area contributed by atoms with Crippen LogP contribution in [0.2, 0.25) is 0 Å². The molecule has 1 aromatic heterocycles. The van der Waals surface area contributed by atoms with Crippen LogP contribution in [0.25, 0.3) is 11.3 Å². The molecule has 0 radical (unpaired) electrons. The molecule has 0 spiro atoms. The Balaban J connectivity index is 2.02. The molecule has 1 heterocycles. The van der Waals surface area contributed by atoms with Crippen LogP contribution in [-0.4, -0.2) is 17.9 Å². The smallest absolute Gasteiger partial charge is 0.193 e. The van der Waals surface area contributed by atoms with E-state index in [2.05, 4.69) is 4.98 Å². The minimum absolute atomic E-state index is 0.0242. The highest BCUT2D eigenvalue weighted by molar-refractivity contribution is 6.12. The first kappa shape index (κ1) is 14.0. The van der Waals surface area contributed by atoms with Crippen molar-refractivity contribution < 1.29 is 9.53 Å².